The summed E-state index contributed by atoms with van der Waals surface area (Å²) in [4.78, 5) is 15.7. The Hall–Kier alpha value is -2.73. The number of aromatic nitrogens is 1. The highest BCUT2D eigenvalue weighted by Crippen LogP contribution is 2.26. The van der Waals surface area contributed by atoms with Gasteiger partial charge in [0.15, 0.2) is 0 Å². The lowest BCUT2D eigenvalue weighted by atomic mass is 10.2. The van der Waals surface area contributed by atoms with Gasteiger partial charge < -0.3 is 14.7 Å². The Morgan fingerprint density at radius 2 is 1.89 bits per heavy atom. The van der Waals surface area contributed by atoms with Gasteiger partial charge in [0.25, 0.3) is 5.91 Å². The fraction of sp³-hybridized carbons (Fsp3) is 0.238. The van der Waals surface area contributed by atoms with Crippen LogP contribution in [0.3, 0.4) is 0 Å². The molecule has 1 amide bonds. The fourth-order valence-electron chi connectivity index (χ4n) is 2.66. The summed E-state index contributed by atoms with van der Waals surface area (Å²) in [5.41, 5.74) is 2.67. The second-order valence-electron chi connectivity index (χ2n) is 6.23. The molecule has 0 spiro atoms. The Labute approximate surface area is 163 Å². The SMILES string of the molecule is Cc1cc(CSc2ccccc2C(=O)NCCN(C)c2ccccc2)on1. The number of para-hydroxylation sites is 1. The van der Waals surface area contributed by atoms with Gasteiger partial charge in [0, 0.05) is 36.8 Å². The van der Waals surface area contributed by atoms with Crippen molar-refractivity contribution in [3.8, 4) is 0 Å². The molecule has 0 unspecified atom stereocenters. The first-order chi connectivity index (χ1) is 13.1. The molecule has 27 heavy (non-hydrogen) atoms. The van der Waals surface area contributed by atoms with Gasteiger partial charge in [-0.15, -0.1) is 11.8 Å². The predicted octanol–water partition coefficient (Wildman–Crippen LogP) is 4.14. The van der Waals surface area contributed by atoms with Crippen LogP contribution in [0.4, 0.5) is 5.69 Å². The Kier molecular flexibility index (Phi) is 6.54. The van der Waals surface area contributed by atoms with E-state index in [1.54, 1.807) is 11.8 Å². The number of hydrogen-bond donors (Lipinski definition) is 1. The number of likely N-dealkylation sites (N-methyl/N-ethyl adjacent to an activating group) is 1. The average Bonchev–Trinajstić information content (AvgIpc) is 3.12. The van der Waals surface area contributed by atoms with Gasteiger partial charge in [-0.1, -0.05) is 35.5 Å². The Balaban J connectivity index is 1.55. The van der Waals surface area contributed by atoms with E-state index in [0.29, 0.717) is 17.9 Å². The van der Waals surface area contributed by atoms with Gasteiger partial charge in [0.1, 0.15) is 5.76 Å². The summed E-state index contributed by atoms with van der Waals surface area (Å²) in [6.45, 7) is 3.21. The van der Waals surface area contributed by atoms with Crippen molar-refractivity contribution >= 4 is 23.4 Å². The molecule has 0 aliphatic carbocycles. The molecule has 0 saturated carbocycles. The summed E-state index contributed by atoms with van der Waals surface area (Å²) >= 11 is 1.57. The van der Waals surface area contributed by atoms with Crippen molar-refractivity contribution in [3.63, 3.8) is 0 Å². The first-order valence-electron chi connectivity index (χ1n) is 8.82. The molecule has 0 atom stereocenters. The minimum atomic E-state index is -0.0617. The Morgan fingerprint density at radius 1 is 1.15 bits per heavy atom. The average molecular weight is 382 g/mol. The summed E-state index contributed by atoms with van der Waals surface area (Å²) < 4.78 is 5.24. The number of thioether (sulfide) groups is 1. The van der Waals surface area contributed by atoms with E-state index in [4.69, 9.17) is 4.52 Å². The molecule has 0 aliphatic heterocycles. The van der Waals surface area contributed by atoms with Crippen LogP contribution in [0, 0.1) is 6.92 Å². The Bertz CT molecular complexity index is 880. The zero-order chi connectivity index (χ0) is 19.1. The maximum atomic E-state index is 12.6. The van der Waals surface area contributed by atoms with Crippen LogP contribution in [0.1, 0.15) is 21.8 Å². The van der Waals surface area contributed by atoms with Crippen LogP contribution in [-0.2, 0) is 5.75 Å². The molecule has 0 fully saturated rings. The van der Waals surface area contributed by atoms with Crippen molar-refractivity contribution in [3.05, 3.63) is 77.7 Å². The number of carbonyl (C=O) groups excluding carboxylic acids is 1. The van der Waals surface area contributed by atoms with Gasteiger partial charge in [0.05, 0.1) is 17.0 Å². The predicted molar refractivity (Wildman–Crippen MR) is 109 cm³/mol. The number of hydrogen-bond acceptors (Lipinski definition) is 5. The van der Waals surface area contributed by atoms with Gasteiger partial charge in [-0.05, 0) is 31.2 Å². The number of rotatable bonds is 8. The van der Waals surface area contributed by atoms with Crippen LogP contribution in [0.25, 0.3) is 0 Å². The van der Waals surface area contributed by atoms with Crippen molar-refractivity contribution in [2.45, 2.75) is 17.6 Å². The number of amides is 1. The number of benzene rings is 2. The van der Waals surface area contributed by atoms with Gasteiger partial charge in [0.2, 0.25) is 0 Å². The van der Waals surface area contributed by atoms with E-state index in [-0.39, 0.29) is 5.91 Å². The topological polar surface area (TPSA) is 58.4 Å². The molecule has 6 heteroatoms. The smallest absolute Gasteiger partial charge is 0.252 e. The minimum Gasteiger partial charge on any atom is -0.373 e. The molecule has 1 aromatic heterocycles. The van der Waals surface area contributed by atoms with Gasteiger partial charge >= 0.3 is 0 Å². The molecule has 5 nitrogen and oxygen atoms in total. The van der Waals surface area contributed by atoms with Gasteiger partial charge in [-0.3, -0.25) is 4.79 Å². The Morgan fingerprint density at radius 3 is 2.63 bits per heavy atom. The largest absolute Gasteiger partial charge is 0.373 e. The lowest BCUT2D eigenvalue weighted by Gasteiger charge is -2.19. The van der Waals surface area contributed by atoms with Gasteiger partial charge in [-0.25, -0.2) is 0 Å². The van der Waals surface area contributed by atoms with E-state index in [0.717, 1.165) is 28.6 Å². The molecule has 1 heterocycles. The monoisotopic (exact) mass is 381 g/mol. The molecule has 3 aromatic rings. The summed E-state index contributed by atoms with van der Waals surface area (Å²) in [5, 5.41) is 6.91. The van der Waals surface area contributed by atoms with Crippen molar-refractivity contribution < 1.29 is 9.32 Å². The highest BCUT2D eigenvalue weighted by atomic mass is 32.2. The standard InChI is InChI=1S/C21H23N3O2S/c1-16-14-18(26-23-16)15-27-20-11-7-6-10-19(20)21(25)22-12-13-24(2)17-8-4-3-5-9-17/h3-11,14H,12-13,15H2,1-2H3,(H,22,25). The molecular formula is C21H23N3O2S. The number of nitrogens with one attached hydrogen (secondary N) is 1. The van der Waals surface area contributed by atoms with Crippen molar-refractivity contribution in [1.82, 2.24) is 10.5 Å². The third-order valence-corrected chi connectivity index (χ3v) is 5.20. The van der Waals surface area contributed by atoms with Crippen LogP contribution >= 0.6 is 11.8 Å². The van der Waals surface area contributed by atoms with Crippen LogP contribution in [0.15, 0.2) is 70.1 Å². The molecule has 140 valence electrons. The summed E-state index contributed by atoms with van der Waals surface area (Å²) in [6.07, 6.45) is 0. The molecule has 3 rings (SSSR count). The second-order valence-corrected chi connectivity index (χ2v) is 7.25. The third-order valence-electron chi connectivity index (χ3n) is 4.11. The van der Waals surface area contributed by atoms with Gasteiger partial charge in [-0.2, -0.15) is 0 Å². The molecule has 0 saturated heterocycles. The molecule has 0 radical (unpaired) electrons. The number of nitrogens with zero attached hydrogens (tertiary/aromatic N) is 2. The minimum absolute atomic E-state index is 0.0617. The van der Waals surface area contributed by atoms with Crippen LogP contribution in [-0.4, -0.2) is 31.2 Å². The van der Waals surface area contributed by atoms with E-state index in [1.165, 1.54) is 0 Å². The van der Waals surface area contributed by atoms with Crippen LogP contribution in [0.5, 0.6) is 0 Å². The van der Waals surface area contributed by atoms with Crippen LogP contribution in [0.2, 0.25) is 0 Å². The van der Waals surface area contributed by atoms with Crippen molar-refractivity contribution in [2.24, 2.45) is 0 Å². The van der Waals surface area contributed by atoms with Crippen molar-refractivity contribution in [1.29, 1.82) is 0 Å². The molecule has 0 aliphatic rings. The van der Waals surface area contributed by atoms with E-state index in [2.05, 4.69) is 27.5 Å². The molecule has 0 bridgehead atoms. The second kappa shape index (κ2) is 9.28. The summed E-state index contributed by atoms with van der Waals surface area (Å²) in [7, 11) is 2.02. The zero-order valence-corrected chi connectivity index (χ0v) is 16.3. The maximum Gasteiger partial charge on any atom is 0.252 e. The third kappa shape index (κ3) is 5.37. The van der Waals surface area contributed by atoms with Crippen LogP contribution < -0.4 is 10.2 Å². The zero-order valence-electron chi connectivity index (χ0n) is 15.5. The first kappa shape index (κ1) is 19.0. The molecule has 2 aromatic carbocycles. The summed E-state index contributed by atoms with van der Waals surface area (Å²) in [6, 6.07) is 19.7. The quantitative estimate of drug-likeness (QED) is 0.594. The summed E-state index contributed by atoms with van der Waals surface area (Å²) in [5.74, 6) is 1.38. The number of anilines is 1. The lowest BCUT2D eigenvalue weighted by molar-refractivity contribution is 0.0952. The molecule has 1 N–H and O–H groups in total. The first-order valence-corrected chi connectivity index (χ1v) is 9.80. The van der Waals surface area contributed by atoms with Crippen molar-refractivity contribution in [2.75, 3.05) is 25.0 Å². The number of carbonyl (C=O) groups is 1. The normalized spacial score (nSPS) is 10.6. The van der Waals surface area contributed by atoms with E-state index in [9.17, 15) is 4.79 Å². The van der Waals surface area contributed by atoms with E-state index in [1.807, 2.05) is 62.5 Å². The highest BCUT2D eigenvalue weighted by Gasteiger charge is 2.12. The highest BCUT2D eigenvalue weighted by molar-refractivity contribution is 7.98. The lowest BCUT2D eigenvalue weighted by Crippen LogP contribution is -2.33. The maximum absolute atomic E-state index is 12.6. The number of aryl methyl sites for hydroxylation is 1. The van der Waals surface area contributed by atoms with E-state index >= 15 is 0 Å². The fourth-order valence-corrected chi connectivity index (χ4v) is 3.58. The molecular weight excluding hydrogens is 358 g/mol. The van der Waals surface area contributed by atoms with E-state index < -0.39 is 0 Å².